The molecule has 0 aliphatic carbocycles. The summed E-state index contributed by atoms with van der Waals surface area (Å²) in [6.45, 7) is 5.43. The molecular weight excluding hydrogens is 252 g/mol. The predicted octanol–water partition coefficient (Wildman–Crippen LogP) is 3.03. The van der Waals surface area contributed by atoms with Gasteiger partial charge in [0, 0.05) is 17.0 Å². The van der Waals surface area contributed by atoms with E-state index < -0.39 is 5.97 Å². The van der Waals surface area contributed by atoms with Gasteiger partial charge in [0.1, 0.15) is 0 Å². The van der Waals surface area contributed by atoms with Crippen molar-refractivity contribution in [3.63, 3.8) is 0 Å². The zero-order valence-corrected chi connectivity index (χ0v) is 12.0. The monoisotopic (exact) mass is 272 g/mol. The van der Waals surface area contributed by atoms with Crippen LogP contribution in [0.15, 0.2) is 24.3 Å². The first-order chi connectivity index (χ1) is 9.77. The van der Waals surface area contributed by atoms with E-state index in [4.69, 9.17) is 14.2 Å². The number of hydrogen-bond donors (Lipinski definition) is 0. The largest absolute Gasteiger partial charge is 0.323 e. The fraction of sp³-hybridized carbons (Fsp3) is 0.529. The smallest absolute Gasteiger partial charge is 0.312 e. The number of benzene rings is 1. The summed E-state index contributed by atoms with van der Waals surface area (Å²) in [7, 11) is 0. The maximum absolute atomic E-state index is 6.12. The molecule has 1 aromatic rings. The van der Waals surface area contributed by atoms with Crippen molar-refractivity contribution in [3.05, 3.63) is 35.4 Å². The SMILES string of the molecule is CC#Cc1ccc(C23OCC(CO2)C(CCC)O3)cc1. The Morgan fingerprint density at radius 1 is 1.20 bits per heavy atom. The molecule has 1 aromatic carbocycles. The van der Waals surface area contributed by atoms with E-state index in [-0.39, 0.29) is 6.10 Å². The van der Waals surface area contributed by atoms with Crippen LogP contribution in [0.25, 0.3) is 0 Å². The molecule has 0 spiro atoms. The Morgan fingerprint density at radius 2 is 1.90 bits per heavy atom. The van der Waals surface area contributed by atoms with Crippen molar-refractivity contribution in [2.45, 2.75) is 38.8 Å². The molecular formula is C17H20O3. The Labute approximate surface area is 120 Å². The molecule has 0 saturated carbocycles. The van der Waals surface area contributed by atoms with Gasteiger partial charge in [-0.1, -0.05) is 19.3 Å². The van der Waals surface area contributed by atoms with Crippen molar-refractivity contribution in [2.24, 2.45) is 5.92 Å². The molecule has 0 amide bonds. The maximum atomic E-state index is 6.12. The van der Waals surface area contributed by atoms with Crippen molar-refractivity contribution in [2.75, 3.05) is 13.2 Å². The first-order valence-corrected chi connectivity index (χ1v) is 7.26. The minimum Gasteiger partial charge on any atom is -0.323 e. The standard InChI is InChI=1S/C17H20O3/c1-3-5-13-7-9-15(10-8-13)17-18-11-14(12-19-17)16(20-17)6-4-2/h7-10,14,16H,4,6,11-12H2,1-2H3. The zero-order chi connectivity index (χ0) is 14.0. The summed E-state index contributed by atoms with van der Waals surface area (Å²) in [5.74, 6) is 5.28. The Balaban J connectivity index is 1.85. The van der Waals surface area contributed by atoms with Crippen molar-refractivity contribution in [1.82, 2.24) is 0 Å². The van der Waals surface area contributed by atoms with E-state index >= 15 is 0 Å². The lowest BCUT2D eigenvalue weighted by Crippen LogP contribution is -2.56. The van der Waals surface area contributed by atoms with Crippen LogP contribution in [0, 0.1) is 17.8 Å². The highest BCUT2D eigenvalue weighted by Gasteiger charge is 2.50. The lowest BCUT2D eigenvalue weighted by atomic mass is 9.96. The van der Waals surface area contributed by atoms with E-state index in [2.05, 4.69) is 18.8 Å². The Kier molecular flexibility index (Phi) is 3.80. The number of hydrogen-bond acceptors (Lipinski definition) is 3. The van der Waals surface area contributed by atoms with Crippen LogP contribution in [-0.4, -0.2) is 19.3 Å². The highest BCUT2D eigenvalue weighted by atomic mass is 16.9. The molecule has 2 bridgehead atoms. The normalized spacial score (nSPS) is 31.7. The van der Waals surface area contributed by atoms with Crippen molar-refractivity contribution in [1.29, 1.82) is 0 Å². The van der Waals surface area contributed by atoms with Gasteiger partial charge in [0.25, 0.3) is 0 Å². The lowest BCUT2D eigenvalue weighted by Gasteiger charge is -2.49. The van der Waals surface area contributed by atoms with Gasteiger partial charge in [-0.15, -0.1) is 5.92 Å². The van der Waals surface area contributed by atoms with Crippen molar-refractivity contribution in [3.8, 4) is 11.8 Å². The lowest BCUT2D eigenvalue weighted by molar-refractivity contribution is -0.479. The van der Waals surface area contributed by atoms with Crippen LogP contribution in [0.3, 0.4) is 0 Å². The zero-order valence-electron chi connectivity index (χ0n) is 12.0. The average molecular weight is 272 g/mol. The molecule has 4 rings (SSSR count). The van der Waals surface area contributed by atoms with Crippen LogP contribution in [0.4, 0.5) is 0 Å². The van der Waals surface area contributed by atoms with Gasteiger partial charge in [-0.25, -0.2) is 0 Å². The third-order valence-corrected chi connectivity index (χ3v) is 3.89. The second-order valence-electron chi connectivity index (χ2n) is 5.34. The summed E-state index contributed by atoms with van der Waals surface area (Å²) in [6, 6.07) is 7.92. The number of ether oxygens (including phenoxy) is 3. The quantitative estimate of drug-likeness (QED) is 0.792. The van der Waals surface area contributed by atoms with Crippen LogP contribution in [0.1, 0.15) is 37.8 Å². The molecule has 3 aliphatic heterocycles. The summed E-state index contributed by atoms with van der Waals surface area (Å²) >= 11 is 0. The summed E-state index contributed by atoms with van der Waals surface area (Å²) in [6.07, 6.45) is 2.40. The Bertz CT molecular complexity index is 515. The molecule has 0 N–H and O–H groups in total. The van der Waals surface area contributed by atoms with Crippen LogP contribution < -0.4 is 0 Å². The molecule has 1 atom stereocenters. The predicted molar refractivity (Wildman–Crippen MR) is 75.8 cm³/mol. The second kappa shape index (κ2) is 5.57. The summed E-state index contributed by atoms with van der Waals surface area (Å²) in [4.78, 5) is 0. The minimum absolute atomic E-state index is 0.234. The van der Waals surface area contributed by atoms with E-state index in [0.29, 0.717) is 19.1 Å². The van der Waals surface area contributed by atoms with Gasteiger partial charge < -0.3 is 14.2 Å². The molecule has 3 fully saturated rings. The van der Waals surface area contributed by atoms with Crippen molar-refractivity contribution >= 4 is 0 Å². The van der Waals surface area contributed by atoms with Gasteiger partial charge in [0.05, 0.1) is 19.3 Å². The van der Waals surface area contributed by atoms with Gasteiger partial charge in [-0.2, -0.15) is 0 Å². The van der Waals surface area contributed by atoms with E-state index in [1.165, 1.54) is 0 Å². The summed E-state index contributed by atoms with van der Waals surface area (Å²) in [5.41, 5.74) is 1.90. The van der Waals surface area contributed by atoms with Crippen LogP contribution >= 0.6 is 0 Å². The van der Waals surface area contributed by atoms with E-state index in [0.717, 1.165) is 24.0 Å². The Hall–Kier alpha value is -1.34. The topological polar surface area (TPSA) is 27.7 Å². The molecule has 1 unspecified atom stereocenters. The highest BCUT2D eigenvalue weighted by Crippen LogP contribution is 2.42. The van der Waals surface area contributed by atoms with E-state index in [1.807, 2.05) is 31.2 Å². The molecule has 3 heterocycles. The molecule has 20 heavy (non-hydrogen) atoms. The van der Waals surface area contributed by atoms with Crippen LogP contribution in [0.2, 0.25) is 0 Å². The molecule has 3 heteroatoms. The fourth-order valence-corrected chi connectivity index (χ4v) is 2.82. The third kappa shape index (κ3) is 2.35. The highest BCUT2D eigenvalue weighted by molar-refractivity contribution is 5.36. The van der Waals surface area contributed by atoms with Crippen molar-refractivity contribution < 1.29 is 14.2 Å². The molecule has 3 nitrogen and oxygen atoms in total. The second-order valence-corrected chi connectivity index (χ2v) is 5.34. The van der Waals surface area contributed by atoms with Gasteiger partial charge in [-0.3, -0.25) is 0 Å². The Morgan fingerprint density at radius 3 is 2.50 bits per heavy atom. The fourth-order valence-electron chi connectivity index (χ4n) is 2.82. The number of rotatable bonds is 3. The van der Waals surface area contributed by atoms with Crippen LogP contribution in [-0.2, 0) is 20.2 Å². The molecule has 0 radical (unpaired) electrons. The molecule has 106 valence electrons. The molecule has 3 saturated heterocycles. The molecule has 0 aromatic heterocycles. The number of fused-ring (bicyclic) bond motifs is 3. The first kappa shape index (κ1) is 13.6. The molecule has 3 aliphatic rings. The van der Waals surface area contributed by atoms with Gasteiger partial charge in [-0.05, 0) is 37.6 Å². The van der Waals surface area contributed by atoms with E-state index in [1.54, 1.807) is 0 Å². The van der Waals surface area contributed by atoms with E-state index in [9.17, 15) is 0 Å². The minimum atomic E-state index is -1.01. The van der Waals surface area contributed by atoms with Crippen LogP contribution in [0.5, 0.6) is 0 Å². The average Bonchev–Trinajstić information content (AvgIpc) is 2.50. The first-order valence-electron chi connectivity index (χ1n) is 7.26. The maximum Gasteiger partial charge on any atom is 0.312 e. The summed E-state index contributed by atoms with van der Waals surface area (Å²) in [5, 5.41) is 0. The third-order valence-electron chi connectivity index (χ3n) is 3.89. The van der Waals surface area contributed by atoms with Gasteiger partial charge in [0.15, 0.2) is 0 Å². The van der Waals surface area contributed by atoms with Gasteiger partial charge >= 0.3 is 5.97 Å². The van der Waals surface area contributed by atoms with Gasteiger partial charge in [0.2, 0.25) is 0 Å². The summed E-state index contributed by atoms with van der Waals surface area (Å²) < 4.78 is 17.8.